The predicted octanol–water partition coefficient (Wildman–Crippen LogP) is 4.50. The fraction of sp³-hybridized carbons (Fsp3) is 0.174. The van der Waals surface area contributed by atoms with Crippen LogP contribution >= 0.6 is 0 Å². The van der Waals surface area contributed by atoms with Crippen LogP contribution in [0.25, 0.3) is 0 Å². The summed E-state index contributed by atoms with van der Waals surface area (Å²) in [5, 5.41) is 3.53. The Morgan fingerprint density at radius 2 is 1.63 bits per heavy atom. The summed E-state index contributed by atoms with van der Waals surface area (Å²) in [6.07, 6.45) is 0.523. The number of carbonyl (C=O) groups is 1. The first-order valence-electron chi connectivity index (χ1n) is 9.11. The lowest BCUT2D eigenvalue weighted by atomic mass is 10.0. The van der Waals surface area contributed by atoms with Gasteiger partial charge in [-0.05, 0) is 30.2 Å². The minimum absolute atomic E-state index is 0.0381. The Labute approximate surface area is 159 Å². The molecule has 0 saturated heterocycles. The number of methoxy groups -OCH3 is 1. The molecule has 136 valence electrons. The van der Waals surface area contributed by atoms with Gasteiger partial charge in [-0.15, -0.1) is 0 Å². The molecule has 3 aromatic rings. The topological polar surface area (TPSA) is 41.6 Å². The maximum atomic E-state index is 13.3. The molecule has 0 aliphatic carbocycles. The van der Waals surface area contributed by atoms with Crippen LogP contribution in [0.3, 0.4) is 0 Å². The molecule has 0 unspecified atom stereocenters. The van der Waals surface area contributed by atoms with Crippen LogP contribution in [0.2, 0.25) is 0 Å². The molecule has 3 aromatic carbocycles. The van der Waals surface area contributed by atoms with Crippen LogP contribution in [-0.4, -0.2) is 24.5 Å². The number of hydrogen-bond donors (Lipinski definition) is 1. The molecular formula is C23H22N2O2. The zero-order chi connectivity index (χ0) is 18.6. The van der Waals surface area contributed by atoms with Gasteiger partial charge in [0.1, 0.15) is 11.9 Å². The quantitative estimate of drug-likeness (QED) is 0.730. The zero-order valence-electron chi connectivity index (χ0n) is 15.3. The first-order chi connectivity index (χ1) is 13.3. The lowest BCUT2D eigenvalue weighted by Crippen LogP contribution is -2.44. The Balaban J connectivity index is 1.70. The molecule has 0 aromatic heterocycles. The summed E-state index contributed by atoms with van der Waals surface area (Å²) >= 11 is 0. The molecule has 1 aliphatic heterocycles. The maximum Gasteiger partial charge on any atom is 0.257 e. The van der Waals surface area contributed by atoms with Gasteiger partial charge in [-0.3, -0.25) is 4.79 Å². The Kier molecular flexibility index (Phi) is 4.79. The van der Waals surface area contributed by atoms with Gasteiger partial charge in [0, 0.05) is 17.8 Å². The van der Waals surface area contributed by atoms with Gasteiger partial charge in [0.05, 0.1) is 12.7 Å². The smallest absolute Gasteiger partial charge is 0.257 e. The van der Waals surface area contributed by atoms with Crippen LogP contribution in [0.15, 0.2) is 78.9 Å². The van der Waals surface area contributed by atoms with Crippen molar-refractivity contribution in [1.29, 1.82) is 0 Å². The first-order valence-corrected chi connectivity index (χ1v) is 9.11. The maximum absolute atomic E-state index is 13.3. The average molecular weight is 358 g/mol. The van der Waals surface area contributed by atoms with Gasteiger partial charge in [-0.25, -0.2) is 0 Å². The highest BCUT2D eigenvalue weighted by molar-refractivity contribution is 6.01. The van der Waals surface area contributed by atoms with Crippen LogP contribution < -0.4 is 10.1 Å². The van der Waals surface area contributed by atoms with E-state index in [0.29, 0.717) is 12.1 Å². The molecule has 0 radical (unpaired) electrons. The van der Waals surface area contributed by atoms with Crippen LogP contribution in [0.5, 0.6) is 5.75 Å². The molecule has 1 amide bonds. The largest absolute Gasteiger partial charge is 0.496 e. The van der Waals surface area contributed by atoms with E-state index in [1.807, 2.05) is 71.6 Å². The summed E-state index contributed by atoms with van der Waals surface area (Å²) in [7, 11) is 1.66. The van der Waals surface area contributed by atoms with Gasteiger partial charge >= 0.3 is 0 Å². The van der Waals surface area contributed by atoms with Crippen molar-refractivity contribution in [2.75, 3.05) is 19.0 Å². The minimum atomic E-state index is -0.271. The van der Waals surface area contributed by atoms with E-state index in [9.17, 15) is 4.79 Å². The Morgan fingerprint density at radius 3 is 2.44 bits per heavy atom. The monoisotopic (exact) mass is 358 g/mol. The van der Waals surface area contributed by atoms with Crippen molar-refractivity contribution >= 4 is 11.6 Å². The van der Waals surface area contributed by atoms with Crippen molar-refractivity contribution in [3.05, 3.63) is 95.6 Å². The normalized spacial score (nSPS) is 15.8. The van der Waals surface area contributed by atoms with E-state index >= 15 is 0 Å². The lowest BCUT2D eigenvalue weighted by molar-refractivity contribution is 0.0683. The number of benzene rings is 3. The number of anilines is 1. The number of ether oxygens (including phenoxy) is 1. The fourth-order valence-electron chi connectivity index (χ4n) is 3.56. The van der Waals surface area contributed by atoms with E-state index in [1.165, 1.54) is 5.56 Å². The Hall–Kier alpha value is -3.27. The summed E-state index contributed by atoms with van der Waals surface area (Å²) < 4.78 is 5.55. The molecule has 4 nitrogen and oxygen atoms in total. The highest BCUT2D eigenvalue weighted by Crippen LogP contribution is 2.36. The van der Waals surface area contributed by atoms with Gasteiger partial charge in [0.15, 0.2) is 0 Å². The van der Waals surface area contributed by atoms with Crippen LogP contribution in [0.4, 0.5) is 5.69 Å². The third-order valence-electron chi connectivity index (χ3n) is 4.94. The molecule has 27 heavy (non-hydrogen) atoms. The third-order valence-corrected chi connectivity index (χ3v) is 4.94. The second kappa shape index (κ2) is 7.54. The van der Waals surface area contributed by atoms with Gasteiger partial charge in [-0.2, -0.15) is 0 Å². The number of nitrogens with zero attached hydrogens (tertiary/aromatic N) is 1. The van der Waals surface area contributed by atoms with Crippen molar-refractivity contribution in [1.82, 2.24) is 4.90 Å². The number of para-hydroxylation sites is 2. The number of carbonyl (C=O) groups excluding carboxylic acids is 1. The number of nitrogens with one attached hydrogen (secondary N) is 1. The fourth-order valence-corrected chi connectivity index (χ4v) is 3.56. The molecule has 1 heterocycles. The van der Waals surface area contributed by atoms with Crippen LogP contribution in [0.1, 0.15) is 27.7 Å². The third kappa shape index (κ3) is 3.38. The van der Waals surface area contributed by atoms with Gasteiger partial charge in [0.25, 0.3) is 5.91 Å². The molecule has 4 heteroatoms. The minimum Gasteiger partial charge on any atom is -0.496 e. The standard InChI is InChI=1S/C23H22N2O2/c1-27-21-14-8-6-12-19(21)22-24-20-13-7-5-11-18(20)23(26)25(22)16-15-17-9-3-2-4-10-17/h2-14,22,24H,15-16H2,1H3/t22-/m1/s1. The Morgan fingerprint density at radius 1 is 0.926 bits per heavy atom. The van der Waals surface area contributed by atoms with Gasteiger partial charge in [0.2, 0.25) is 0 Å². The number of amides is 1. The summed E-state index contributed by atoms with van der Waals surface area (Å²) in [5.41, 5.74) is 3.73. The molecule has 1 atom stereocenters. The molecule has 0 spiro atoms. The Bertz CT molecular complexity index is 940. The second-order valence-corrected chi connectivity index (χ2v) is 6.57. The molecule has 1 N–H and O–H groups in total. The molecule has 1 aliphatic rings. The van der Waals surface area contributed by atoms with Crippen molar-refractivity contribution in [2.24, 2.45) is 0 Å². The van der Waals surface area contributed by atoms with Crippen LogP contribution in [-0.2, 0) is 6.42 Å². The van der Waals surface area contributed by atoms with Crippen molar-refractivity contribution < 1.29 is 9.53 Å². The van der Waals surface area contributed by atoms with E-state index in [1.54, 1.807) is 7.11 Å². The average Bonchev–Trinajstić information content (AvgIpc) is 2.73. The number of fused-ring (bicyclic) bond motifs is 1. The van der Waals surface area contributed by atoms with Crippen molar-refractivity contribution in [3.8, 4) is 5.75 Å². The molecular weight excluding hydrogens is 336 g/mol. The van der Waals surface area contributed by atoms with Crippen LogP contribution in [0, 0.1) is 0 Å². The first kappa shape index (κ1) is 17.2. The highest BCUT2D eigenvalue weighted by atomic mass is 16.5. The van der Waals surface area contributed by atoms with Crippen molar-refractivity contribution in [3.63, 3.8) is 0 Å². The SMILES string of the molecule is COc1ccccc1[C@@H]1Nc2ccccc2C(=O)N1CCc1ccccc1. The van der Waals surface area contributed by atoms with E-state index in [2.05, 4.69) is 17.4 Å². The summed E-state index contributed by atoms with van der Waals surface area (Å²) in [5.74, 6) is 0.808. The summed E-state index contributed by atoms with van der Waals surface area (Å²) in [6, 6.07) is 25.8. The zero-order valence-corrected chi connectivity index (χ0v) is 15.3. The highest BCUT2D eigenvalue weighted by Gasteiger charge is 2.33. The molecule has 0 saturated carbocycles. The van der Waals surface area contributed by atoms with E-state index < -0.39 is 0 Å². The number of rotatable bonds is 5. The van der Waals surface area contributed by atoms with E-state index in [4.69, 9.17) is 4.74 Å². The lowest BCUT2D eigenvalue weighted by Gasteiger charge is -2.38. The molecule has 4 rings (SSSR count). The van der Waals surface area contributed by atoms with Gasteiger partial charge < -0.3 is 15.0 Å². The van der Waals surface area contributed by atoms with Crippen molar-refractivity contribution in [2.45, 2.75) is 12.6 Å². The molecule has 0 fully saturated rings. The van der Waals surface area contributed by atoms with Gasteiger partial charge in [-0.1, -0.05) is 60.7 Å². The summed E-state index contributed by atoms with van der Waals surface area (Å²) in [6.45, 7) is 0.618. The molecule has 0 bridgehead atoms. The van der Waals surface area contributed by atoms with E-state index in [-0.39, 0.29) is 12.1 Å². The second-order valence-electron chi connectivity index (χ2n) is 6.57. The number of hydrogen-bond acceptors (Lipinski definition) is 3. The van der Waals surface area contributed by atoms with E-state index in [0.717, 1.165) is 23.4 Å². The summed E-state index contributed by atoms with van der Waals surface area (Å²) in [4.78, 5) is 15.2. The predicted molar refractivity (Wildman–Crippen MR) is 107 cm³/mol.